The van der Waals surface area contributed by atoms with Gasteiger partial charge in [-0.05, 0) is 63.4 Å². The van der Waals surface area contributed by atoms with E-state index in [4.69, 9.17) is 9.97 Å². The van der Waals surface area contributed by atoms with Gasteiger partial charge < -0.3 is 10.2 Å². The number of fused-ring (bicyclic) bond motifs is 3. The lowest BCUT2D eigenvalue weighted by Gasteiger charge is -2.32. The Balaban J connectivity index is 1.35. The van der Waals surface area contributed by atoms with Gasteiger partial charge in [0.1, 0.15) is 16.5 Å². The minimum absolute atomic E-state index is 0.565. The molecule has 0 atom stereocenters. The fraction of sp³-hybridized carbons (Fsp3) is 0.684. The Morgan fingerprint density at radius 1 is 1.12 bits per heavy atom. The van der Waals surface area contributed by atoms with E-state index < -0.39 is 0 Å². The summed E-state index contributed by atoms with van der Waals surface area (Å²) in [6.45, 7) is 5.83. The third-order valence-corrected chi connectivity index (χ3v) is 7.00. The van der Waals surface area contributed by atoms with Crippen molar-refractivity contribution in [2.75, 3.05) is 25.0 Å². The van der Waals surface area contributed by atoms with Gasteiger partial charge in [-0.15, -0.1) is 11.3 Å². The molecule has 0 spiro atoms. The van der Waals surface area contributed by atoms with Crippen LogP contribution < -0.4 is 5.32 Å². The fourth-order valence-corrected chi connectivity index (χ4v) is 5.63. The highest BCUT2D eigenvalue weighted by Gasteiger charge is 2.28. The Bertz CT molecular complexity index is 756. The first-order chi connectivity index (χ1) is 11.8. The van der Waals surface area contributed by atoms with Gasteiger partial charge in [-0.2, -0.15) is 0 Å². The summed E-state index contributed by atoms with van der Waals surface area (Å²) < 4.78 is 0. The summed E-state index contributed by atoms with van der Waals surface area (Å²) >= 11 is 1.89. The molecule has 0 bridgehead atoms. The van der Waals surface area contributed by atoms with Crippen LogP contribution in [0.25, 0.3) is 10.2 Å². The number of nitrogens with one attached hydrogen (secondary N) is 1. The number of anilines is 1. The van der Waals surface area contributed by atoms with Crippen molar-refractivity contribution in [2.45, 2.75) is 57.9 Å². The molecule has 1 aliphatic heterocycles. The molecule has 1 saturated heterocycles. The van der Waals surface area contributed by atoms with Crippen LogP contribution in [0.2, 0.25) is 0 Å². The van der Waals surface area contributed by atoms with Gasteiger partial charge in [0.15, 0.2) is 0 Å². The molecule has 128 valence electrons. The Morgan fingerprint density at radius 3 is 2.75 bits per heavy atom. The summed E-state index contributed by atoms with van der Waals surface area (Å²) in [5, 5.41) is 5.13. The van der Waals surface area contributed by atoms with Gasteiger partial charge in [0.25, 0.3) is 0 Å². The van der Waals surface area contributed by atoms with Crippen molar-refractivity contribution >= 4 is 27.4 Å². The average molecular weight is 343 g/mol. The van der Waals surface area contributed by atoms with Gasteiger partial charge in [-0.3, -0.25) is 0 Å². The Labute approximate surface area is 147 Å². The first-order valence-electron chi connectivity index (χ1n) is 9.54. The van der Waals surface area contributed by atoms with Gasteiger partial charge in [-0.1, -0.05) is 0 Å². The number of likely N-dealkylation sites (tertiary alicyclic amines) is 1. The van der Waals surface area contributed by atoms with Gasteiger partial charge in [-0.25, -0.2) is 9.97 Å². The second-order valence-corrected chi connectivity index (χ2v) is 8.90. The van der Waals surface area contributed by atoms with Crippen LogP contribution in [0.4, 0.5) is 5.82 Å². The van der Waals surface area contributed by atoms with Crippen molar-refractivity contribution in [1.29, 1.82) is 0 Å². The maximum atomic E-state index is 4.79. The summed E-state index contributed by atoms with van der Waals surface area (Å²) in [6.07, 6.45) is 9.13. The largest absolute Gasteiger partial charge is 0.367 e. The Hall–Kier alpha value is -1.20. The topological polar surface area (TPSA) is 41.1 Å². The second-order valence-electron chi connectivity index (χ2n) is 7.82. The number of hydrogen-bond acceptors (Lipinski definition) is 5. The van der Waals surface area contributed by atoms with Crippen LogP contribution in [-0.2, 0) is 12.8 Å². The third-order valence-electron chi connectivity index (χ3n) is 5.82. The smallest absolute Gasteiger partial charge is 0.139 e. The maximum absolute atomic E-state index is 4.79. The van der Waals surface area contributed by atoms with E-state index in [9.17, 15) is 0 Å². The molecule has 4 nitrogen and oxygen atoms in total. The van der Waals surface area contributed by atoms with Crippen molar-refractivity contribution < 1.29 is 0 Å². The molecule has 3 aliphatic rings. The second kappa shape index (κ2) is 5.95. The van der Waals surface area contributed by atoms with Crippen molar-refractivity contribution in [3.8, 4) is 0 Å². The molecule has 0 amide bonds. The van der Waals surface area contributed by atoms with Crippen LogP contribution in [0.1, 0.15) is 48.4 Å². The summed E-state index contributed by atoms with van der Waals surface area (Å²) in [4.78, 5) is 14.9. The first-order valence-corrected chi connectivity index (χ1v) is 10.4. The number of thiophene rings is 1. The molecule has 2 fully saturated rings. The lowest BCUT2D eigenvalue weighted by molar-refractivity contribution is 0.211. The van der Waals surface area contributed by atoms with Crippen molar-refractivity contribution in [3.63, 3.8) is 0 Å². The predicted molar refractivity (Wildman–Crippen MR) is 100.0 cm³/mol. The van der Waals surface area contributed by atoms with Gasteiger partial charge in [0.2, 0.25) is 0 Å². The number of hydrogen-bond donors (Lipinski definition) is 1. The predicted octanol–water partition coefficient (Wildman–Crippen LogP) is 3.77. The van der Waals surface area contributed by atoms with E-state index in [1.807, 2.05) is 18.3 Å². The fourth-order valence-electron chi connectivity index (χ4n) is 4.33. The van der Waals surface area contributed by atoms with Crippen LogP contribution in [0.3, 0.4) is 0 Å². The number of aryl methyl sites for hydroxylation is 3. The van der Waals surface area contributed by atoms with Crippen LogP contribution in [-0.4, -0.2) is 40.5 Å². The van der Waals surface area contributed by atoms with E-state index in [1.54, 1.807) is 4.88 Å². The van der Waals surface area contributed by atoms with Crippen LogP contribution in [0.15, 0.2) is 0 Å². The quantitative estimate of drug-likeness (QED) is 0.918. The molecule has 0 radical (unpaired) electrons. The van der Waals surface area contributed by atoms with Crippen molar-refractivity contribution in [1.82, 2.24) is 14.9 Å². The SMILES string of the molecule is Cc1nc(NC2CCN(CC3CC3)CC2)c2c3c(sc2n1)CCC3. The molecule has 3 heterocycles. The zero-order valence-electron chi connectivity index (χ0n) is 14.5. The molecule has 24 heavy (non-hydrogen) atoms. The number of rotatable bonds is 4. The molecule has 2 aliphatic carbocycles. The summed E-state index contributed by atoms with van der Waals surface area (Å²) in [6, 6.07) is 0.565. The highest BCUT2D eigenvalue weighted by molar-refractivity contribution is 7.19. The third kappa shape index (κ3) is 2.82. The summed E-state index contributed by atoms with van der Waals surface area (Å²) in [5.41, 5.74) is 1.53. The van der Waals surface area contributed by atoms with E-state index in [-0.39, 0.29) is 0 Å². The van der Waals surface area contributed by atoms with Gasteiger partial charge in [0, 0.05) is 30.6 Å². The van der Waals surface area contributed by atoms with Crippen molar-refractivity contribution in [2.24, 2.45) is 5.92 Å². The number of piperidine rings is 1. The molecular formula is C19H26N4S. The molecular weight excluding hydrogens is 316 g/mol. The lowest BCUT2D eigenvalue weighted by Crippen LogP contribution is -2.40. The number of nitrogens with zero attached hydrogens (tertiary/aromatic N) is 3. The first kappa shape index (κ1) is 15.1. The molecule has 0 unspecified atom stereocenters. The zero-order chi connectivity index (χ0) is 16.1. The standard InChI is InChI=1S/C19H26N4S/c1-12-20-18(17-15-3-2-4-16(15)24-19(17)21-12)22-14-7-9-23(10-8-14)11-13-5-6-13/h13-14H,2-11H2,1H3,(H,20,21,22). The van der Waals surface area contributed by atoms with Crippen LogP contribution in [0.5, 0.6) is 0 Å². The monoisotopic (exact) mass is 342 g/mol. The molecule has 1 N–H and O–H groups in total. The summed E-state index contributed by atoms with van der Waals surface area (Å²) in [7, 11) is 0. The van der Waals surface area contributed by atoms with Crippen molar-refractivity contribution in [3.05, 3.63) is 16.3 Å². The highest BCUT2D eigenvalue weighted by Crippen LogP contribution is 2.40. The maximum Gasteiger partial charge on any atom is 0.139 e. The van der Waals surface area contributed by atoms with Gasteiger partial charge >= 0.3 is 0 Å². The Morgan fingerprint density at radius 2 is 1.96 bits per heavy atom. The molecule has 5 heteroatoms. The van der Waals surface area contributed by atoms with E-state index in [0.29, 0.717) is 6.04 Å². The average Bonchev–Trinajstić information content (AvgIpc) is 3.13. The van der Waals surface area contributed by atoms with Gasteiger partial charge in [0.05, 0.1) is 5.39 Å². The zero-order valence-corrected chi connectivity index (χ0v) is 15.3. The molecule has 0 aromatic carbocycles. The molecule has 5 rings (SSSR count). The summed E-state index contributed by atoms with van der Waals surface area (Å²) in [5.74, 6) is 3.01. The molecule has 2 aromatic rings. The minimum atomic E-state index is 0.565. The van der Waals surface area contributed by atoms with Crippen LogP contribution in [0, 0.1) is 12.8 Å². The Kier molecular flexibility index (Phi) is 3.74. The van der Waals surface area contributed by atoms with Crippen LogP contribution >= 0.6 is 11.3 Å². The van der Waals surface area contributed by atoms with E-state index in [0.717, 1.165) is 17.6 Å². The normalized spacial score (nSPS) is 22.2. The lowest BCUT2D eigenvalue weighted by atomic mass is 10.0. The number of aromatic nitrogens is 2. The molecule has 1 saturated carbocycles. The highest BCUT2D eigenvalue weighted by atomic mass is 32.1. The molecule has 2 aromatic heterocycles. The van der Waals surface area contributed by atoms with E-state index in [1.165, 1.54) is 80.4 Å². The minimum Gasteiger partial charge on any atom is -0.367 e. The van der Waals surface area contributed by atoms with E-state index in [2.05, 4.69) is 10.2 Å². The van der Waals surface area contributed by atoms with E-state index >= 15 is 0 Å².